The molecule has 1 fully saturated rings. The Morgan fingerprint density at radius 1 is 1.53 bits per heavy atom. The van der Waals surface area contributed by atoms with Crippen LogP contribution in [0.2, 0.25) is 0 Å². The summed E-state index contributed by atoms with van der Waals surface area (Å²) in [7, 11) is 0. The van der Waals surface area contributed by atoms with E-state index in [1.165, 1.54) is 5.56 Å². The van der Waals surface area contributed by atoms with E-state index in [2.05, 4.69) is 10.6 Å². The zero-order valence-corrected chi connectivity index (χ0v) is 11.7. The Hall–Kier alpha value is -1.55. The number of hydrogen-bond donors (Lipinski definition) is 2. The minimum Gasteiger partial charge on any atom is -0.492 e. The Balaban J connectivity index is 1.71. The number of aryl methyl sites for hydroxylation is 1. The van der Waals surface area contributed by atoms with Crippen LogP contribution in [-0.4, -0.2) is 32.1 Å². The lowest BCUT2D eigenvalue weighted by Crippen LogP contribution is -2.41. The van der Waals surface area contributed by atoms with E-state index in [1.807, 2.05) is 38.1 Å². The van der Waals surface area contributed by atoms with E-state index in [-0.39, 0.29) is 11.3 Å². The molecule has 2 rings (SSSR count). The van der Waals surface area contributed by atoms with Crippen molar-refractivity contribution in [3.63, 3.8) is 0 Å². The number of rotatable bonds is 5. The van der Waals surface area contributed by atoms with Crippen LogP contribution in [0.1, 0.15) is 18.9 Å². The monoisotopic (exact) mass is 262 g/mol. The maximum absolute atomic E-state index is 12.0. The van der Waals surface area contributed by atoms with Crippen LogP contribution in [0.15, 0.2) is 24.3 Å². The number of nitrogens with one attached hydrogen (secondary N) is 2. The zero-order valence-electron chi connectivity index (χ0n) is 11.7. The molecule has 1 aliphatic heterocycles. The van der Waals surface area contributed by atoms with Gasteiger partial charge in [0, 0.05) is 6.54 Å². The van der Waals surface area contributed by atoms with Gasteiger partial charge in [-0.05, 0) is 44.5 Å². The van der Waals surface area contributed by atoms with Gasteiger partial charge >= 0.3 is 0 Å². The molecule has 1 aliphatic rings. The van der Waals surface area contributed by atoms with Crippen molar-refractivity contribution < 1.29 is 9.53 Å². The zero-order chi connectivity index (χ0) is 13.7. The quantitative estimate of drug-likeness (QED) is 0.790. The number of carbonyl (C=O) groups is 1. The number of ether oxygens (including phenoxy) is 1. The predicted molar refractivity (Wildman–Crippen MR) is 75.3 cm³/mol. The third kappa shape index (κ3) is 3.70. The van der Waals surface area contributed by atoms with Crippen LogP contribution in [0.25, 0.3) is 0 Å². The van der Waals surface area contributed by atoms with E-state index in [4.69, 9.17) is 4.74 Å². The first-order valence-electron chi connectivity index (χ1n) is 6.79. The van der Waals surface area contributed by atoms with E-state index < -0.39 is 0 Å². The molecule has 0 radical (unpaired) electrons. The van der Waals surface area contributed by atoms with Gasteiger partial charge in [0.1, 0.15) is 12.4 Å². The average molecular weight is 262 g/mol. The molecule has 1 atom stereocenters. The van der Waals surface area contributed by atoms with Crippen LogP contribution in [0.4, 0.5) is 0 Å². The summed E-state index contributed by atoms with van der Waals surface area (Å²) in [5, 5.41) is 6.17. The van der Waals surface area contributed by atoms with Gasteiger partial charge in [-0.15, -0.1) is 0 Å². The minimum atomic E-state index is -0.261. The van der Waals surface area contributed by atoms with Crippen molar-refractivity contribution in [1.82, 2.24) is 10.6 Å². The Morgan fingerprint density at radius 3 is 3.05 bits per heavy atom. The highest BCUT2D eigenvalue weighted by molar-refractivity contribution is 5.82. The summed E-state index contributed by atoms with van der Waals surface area (Å²) in [5.41, 5.74) is 0.912. The molecular weight excluding hydrogens is 240 g/mol. The van der Waals surface area contributed by atoms with E-state index in [0.29, 0.717) is 13.2 Å². The molecule has 0 saturated carbocycles. The normalized spacial score (nSPS) is 22.2. The van der Waals surface area contributed by atoms with Crippen molar-refractivity contribution in [2.75, 3.05) is 26.2 Å². The molecule has 1 amide bonds. The van der Waals surface area contributed by atoms with Gasteiger partial charge in [0.25, 0.3) is 0 Å². The van der Waals surface area contributed by atoms with Gasteiger partial charge in [-0.1, -0.05) is 12.1 Å². The first-order valence-corrected chi connectivity index (χ1v) is 6.79. The fraction of sp³-hybridized carbons (Fsp3) is 0.533. The second-order valence-corrected chi connectivity index (χ2v) is 5.41. The Bertz CT molecular complexity index is 440. The minimum absolute atomic E-state index is 0.116. The molecule has 1 saturated heterocycles. The van der Waals surface area contributed by atoms with Crippen molar-refractivity contribution in [1.29, 1.82) is 0 Å². The smallest absolute Gasteiger partial charge is 0.227 e. The molecule has 0 aromatic heterocycles. The van der Waals surface area contributed by atoms with Gasteiger partial charge in [0.05, 0.1) is 12.0 Å². The van der Waals surface area contributed by atoms with Crippen LogP contribution in [-0.2, 0) is 4.79 Å². The lowest BCUT2D eigenvalue weighted by atomic mass is 9.89. The summed E-state index contributed by atoms with van der Waals surface area (Å²) < 4.78 is 5.60. The molecular formula is C15H22N2O2. The second-order valence-electron chi connectivity index (χ2n) is 5.41. The number of hydrogen-bond acceptors (Lipinski definition) is 3. The highest BCUT2D eigenvalue weighted by atomic mass is 16.5. The summed E-state index contributed by atoms with van der Waals surface area (Å²) in [4.78, 5) is 12.0. The van der Waals surface area contributed by atoms with Crippen molar-refractivity contribution in [3.05, 3.63) is 29.8 Å². The standard InChI is InChI=1S/C15H22N2O2/c1-12-4-3-5-13(10-12)19-9-8-17-14(18)15(2)6-7-16-11-15/h3-5,10,16H,6-9,11H2,1-2H3,(H,17,18). The lowest BCUT2D eigenvalue weighted by molar-refractivity contribution is -0.129. The van der Waals surface area contributed by atoms with Crippen LogP contribution >= 0.6 is 0 Å². The predicted octanol–water partition coefficient (Wildman–Crippen LogP) is 1.49. The third-order valence-corrected chi connectivity index (χ3v) is 3.56. The summed E-state index contributed by atoms with van der Waals surface area (Å²) in [6, 6.07) is 7.91. The van der Waals surface area contributed by atoms with Crippen LogP contribution in [0.3, 0.4) is 0 Å². The van der Waals surface area contributed by atoms with Crippen LogP contribution in [0, 0.1) is 12.3 Å². The Morgan fingerprint density at radius 2 is 2.37 bits per heavy atom. The molecule has 0 aliphatic carbocycles. The van der Waals surface area contributed by atoms with Gasteiger partial charge in [-0.3, -0.25) is 4.79 Å². The van der Waals surface area contributed by atoms with E-state index >= 15 is 0 Å². The maximum atomic E-state index is 12.0. The summed E-state index contributed by atoms with van der Waals surface area (Å²) >= 11 is 0. The Kier molecular flexibility index (Phi) is 4.43. The van der Waals surface area contributed by atoms with Gasteiger partial charge in [-0.2, -0.15) is 0 Å². The molecule has 0 spiro atoms. The van der Waals surface area contributed by atoms with Gasteiger partial charge in [0.15, 0.2) is 0 Å². The van der Waals surface area contributed by atoms with Crippen LogP contribution < -0.4 is 15.4 Å². The third-order valence-electron chi connectivity index (χ3n) is 3.56. The van der Waals surface area contributed by atoms with E-state index in [1.54, 1.807) is 0 Å². The number of benzene rings is 1. The summed E-state index contributed by atoms with van der Waals surface area (Å²) in [5.74, 6) is 0.966. The SMILES string of the molecule is Cc1cccc(OCCNC(=O)C2(C)CCNC2)c1. The van der Waals surface area contributed by atoms with E-state index in [9.17, 15) is 4.79 Å². The second kappa shape index (κ2) is 6.06. The molecule has 104 valence electrons. The Labute approximate surface area is 114 Å². The van der Waals surface area contributed by atoms with Gasteiger partial charge in [-0.25, -0.2) is 0 Å². The largest absolute Gasteiger partial charge is 0.492 e. The maximum Gasteiger partial charge on any atom is 0.227 e. The molecule has 1 aromatic rings. The molecule has 2 N–H and O–H groups in total. The fourth-order valence-electron chi connectivity index (χ4n) is 2.26. The van der Waals surface area contributed by atoms with Crippen molar-refractivity contribution in [3.8, 4) is 5.75 Å². The number of amides is 1. The van der Waals surface area contributed by atoms with Gasteiger partial charge < -0.3 is 15.4 Å². The molecule has 4 heteroatoms. The fourth-order valence-corrected chi connectivity index (χ4v) is 2.26. The molecule has 1 unspecified atom stereocenters. The molecule has 19 heavy (non-hydrogen) atoms. The lowest BCUT2D eigenvalue weighted by Gasteiger charge is -2.21. The van der Waals surface area contributed by atoms with Gasteiger partial charge in [0.2, 0.25) is 5.91 Å². The highest BCUT2D eigenvalue weighted by Gasteiger charge is 2.35. The summed E-state index contributed by atoms with van der Waals surface area (Å²) in [6.07, 6.45) is 0.900. The molecule has 0 bridgehead atoms. The van der Waals surface area contributed by atoms with Crippen molar-refractivity contribution in [2.45, 2.75) is 20.3 Å². The molecule has 4 nitrogen and oxygen atoms in total. The van der Waals surface area contributed by atoms with Crippen molar-refractivity contribution >= 4 is 5.91 Å². The summed E-state index contributed by atoms with van der Waals surface area (Å²) in [6.45, 7) is 6.76. The van der Waals surface area contributed by atoms with Crippen molar-refractivity contribution in [2.24, 2.45) is 5.41 Å². The molecule has 1 aromatic carbocycles. The van der Waals surface area contributed by atoms with E-state index in [0.717, 1.165) is 25.3 Å². The topological polar surface area (TPSA) is 50.4 Å². The molecule has 1 heterocycles. The first-order chi connectivity index (χ1) is 9.10. The highest BCUT2D eigenvalue weighted by Crippen LogP contribution is 2.24. The van der Waals surface area contributed by atoms with Crippen LogP contribution in [0.5, 0.6) is 5.75 Å². The first kappa shape index (κ1) is 13.9. The average Bonchev–Trinajstić information content (AvgIpc) is 2.83. The number of carbonyl (C=O) groups excluding carboxylic acids is 1.